The van der Waals surface area contributed by atoms with Crippen LogP contribution in [0, 0.1) is 6.92 Å². The number of amides is 1. The van der Waals surface area contributed by atoms with E-state index in [4.69, 9.17) is 0 Å². The van der Waals surface area contributed by atoms with E-state index in [2.05, 4.69) is 15.4 Å². The molecule has 1 N–H and O–H groups in total. The molecule has 1 aromatic carbocycles. The van der Waals surface area contributed by atoms with E-state index >= 15 is 0 Å². The van der Waals surface area contributed by atoms with Crippen molar-refractivity contribution in [2.24, 2.45) is 0 Å². The molecule has 0 aliphatic heterocycles. The van der Waals surface area contributed by atoms with Gasteiger partial charge in [-0.1, -0.05) is 17.7 Å². The van der Waals surface area contributed by atoms with E-state index in [9.17, 15) is 18.0 Å². The number of carbonyl (C=O) groups excluding carboxylic acids is 1. The Morgan fingerprint density at radius 1 is 1.24 bits per heavy atom. The zero-order chi connectivity index (χ0) is 20.6. The SMILES string of the molecule is Cc1cccc(C(=O)N[C@@H]2CCCc3nn(-c4ccnc(C(F)(F)F)c4)cc32)c1. The van der Waals surface area contributed by atoms with Crippen molar-refractivity contribution in [1.29, 1.82) is 0 Å². The number of halogens is 3. The summed E-state index contributed by atoms with van der Waals surface area (Å²) in [6.45, 7) is 1.92. The van der Waals surface area contributed by atoms with Crippen LogP contribution in [0.5, 0.6) is 0 Å². The van der Waals surface area contributed by atoms with Crippen molar-refractivity contribution in [3.05, 3.63) is 76.9 Å². The van der Waals surface area contributed by atoms with E-state index in [1.165, 1.54) is 10.7 Å². The first kappa shape index (κ1) is 19.2. The minimum atomic E-state index is -4.52. The topological polar surface area (TPSA) is 59.8 Å². The summed E-state index contributed by atoms with van der Waals surface area (Å²) in [6.07, 6.45) is 0.609. The standard InChI is InChI=1S/C21H19F3N4O/c1-13-4-2-5-14(10-13)20(29)26-17-6-3-7-18-16(17)12-28(27-18)15-8-9-25-19(11-15)21(22,23)24/h2,4-5,8-12,17H,3,6-7H2,1H3,(H,26,29)/t17-/m1/s1. The van der Waals surface area contributed by atoms with Crippen molar-refractivity contribution in [2.45, 2.75) is 38.4 Å². The van der Waals surface area contributed by atoms with E-state index in [1.807, 2.05) is 25.1 Å². The van der Waals surface area contributed by atoms with Gasteiger partial charge in [0, 0.05) is 23.5 Å². The average molecular weight is 400 g/mol. The zero-order valence-corrected chi connectivity index (χ0v) is 15.7. The van der Waals surface area contributed by atoms with Crippen LogP contribution in [0.1, 0.15) is 51.8 Å². The molecule has 1 atom stereocenters. The smallest absolute Gasteiger partial charge is 0.345 e. The first-order valence-corrected chi connectivity index (χ1v) is 9.31. The second-order valence-electron chi connectivity index (χ2n) is 7.16. The molecule has 0 spiro atoms. The molecule has 0 saturated carbocycles. The lowest BCUT2D eigenvalue weighted by Crippen LogP contribution is -2.30. The molecule has 2 aromatic heterocycles. The maximum atomic E-state index is 13.0. The van der Waals surface area contributed by atoms with Crippen LogP contribution in [-0.2, 0) is 12.6 Å². The Hall–Kier alpha value is -3.16. The van der Waals surface area contributed by atoms with Gasteiger partial charge in [0.1, 0.15) is 5.69 Å². The van der Waals surface area contributed by atoms with Gasteiger partial charge in [0.2, 0.25) is 0 Å². The van der Waals surface area contributed by atoms with Gasteiger partial charge in [-0.25, -0.2) is 4.68 Å². The van der Waals surface area contributed by atoms with Gasteiger partial charge in [0.05, 0.1) is 17.4 Å². The van der Waals surface area contributed by atoms with E-state index in [0.717, 1.165) is 48.3 Å². The fourth-order valence-corrected chi connectivity index (χ4v) is 3.56. The molecule has 0 saturated heterocycles. The van der Waals surface area contributed by atoms with E-state index in [-0.39, 0.29) is 17.6 Å². The lowest BCUT2D eigenvalue weighted by molar-refractivity contribution is -0.141. The van der Waals surface area contributed by atoms with Crippen LogP contribution >= 0.6 is 0 Å². The fourth-order valence-electron chi connectivity index (χ4n) is 3.56. The average Bonchev–Trinajstić information content (AvgIpc) is 3.13. The van der Waals surface area contributed by atoms with Crippen LogP contribution in [0.4, 0.5) is 13.2 Å². The molecule has 0 unspecified atom stereocenters. The zero-order valence-electron chi connectivity index (χ0n) is 15.7. The molecule has 0 bridgehead atoms. The van der Waals surface area contributed by atoms with Crippen LogP contribution in [-0.4, -0.2) is 20.7 Å². The van der Waals surface area contributed by atoms with E-state index in [1.54, 1.807) is 12.3 Å². The third-order valence-electron chi connectivity index (χ3n) is 4.99. The summed E-state index contributed by atoms with van der Waals surface area (Å²) < 4.78 is 40.3. The van der Waals surface area contributed by atoms with E-state index < -0.39 is 11.9 Å². The molecule has 1 aliphatic carbocycles. The number of aromatic nitrogens is 3. The lowest BCUT2D eigenvalue weighted by Gasteiger charge is -2.22. The molecule has 1 amide bonds. The summed E-state index contributed by atoms with van der Waals surface area (Å²) >= 11 is 0. The number of hydrogen-bond acceptors (Lipinski definition) is 3. The van der Waals surface area contributed by atoms with Gasteiger partial charge in [0.15, 0.2) is 0 Å². The summed E-state index contributed by atoms with van der Waals surface area (Å²) in [7, 11) is 0. The highest BCUT2D eigenvalue weighted by Gasteiger charge is 2.33. The van der Waals surface area contributed by atoms with Gasteiger partial charge in [-0.3, -0.25) is 9.78 Å². The lowest BCUT2D eigenvalue weighted by atomic mass is 9.93. The Morgan fingerprint density at radius 3 is 2.83 bits per heavy atom. The maximum absolute atomic E-state index is 13.0. The van der Waals surface area contributed by atoms with Crippen molar-refractivity contribution in [3.63, 3.8) is 0 Å². The number of nitrogens with one attached hydrogen (secondary N) is 1. The molecule has 0 radical (unpaired) electrons. The Bertz CT molecular complexity index is 1060. The van der Waals surface area contributed by atoms with Crippen molar-refractivity contribution in [3.8, 4) is 5.69 Å². The van der Waals surface area contributed by atoms with Gasteiger partial charge in [-0.2, -0.15) is 18.3 Å². The summed E-state index contributed by atoms with van der Waals surface area (Å²) in [6, 6.07) is 9.54. The summed E-state index contributed by atoms with van der Waals surface area (Å²) in [5.74, 6) is -0.178. The van der Waals surface area contributed by atoms with Crippen LogP contribution in [0.25, 0.3) is 5.69 Å². The largest absolute Gasteiger partial charge is 0.433 e. The number of nitrogens with zero attached hydrogens (tertiary/aromatic N) is 3. The molecule has 0 fully saturated rings. The second-order valence-corrected chi connectivity index (χ2v) is 7.16. The number of fused-ring (bicyclic) bond motifs is 1. The Labute approximate surface area is 165 Å². The van der Waals surface area contributed by atoms with Crippen LogP contribution in [0.3, 0.4) is 0 Å². The molecular weight excluding hydrogens is 381 g/mol. The Balaban J connectivity index is 1.61. The number of pyridine rings is 1. The molecule has 3 aromatic rings. The van der Waals surface area contributed by atoms with Gasteiger partial charge in [-0.05, 0) is 50.5 Å². The molecule has 5 nitrogen and oxygen atoms in total. The Morgan fingerprint density at radius 2 is 2.07 bits per heavy atom. The van der Waals surface area contributed by atoms with Gasteiger partial charge in [0.25, 0.3) is 5.91 Å². The van der Waals surface area contributed by atoms with Gasteiger partial charge < -0.3 is 5.32 Å². The highest BCUT2D eigenvalue weighted by Crippen LogP contribution is 2.32. The second kappa shape index (κ2) is 7.35. The predicted molar refractivity (Wildman–Crippen MR) is 101 cm³/mol. The molecule has 150 valence electrons. The molecular formula is C21H19F3N4O. The van der Waals surface area contributed by atoms with Crippen LogP contribution in [0.2, 0.25) is 0 Å². The molecule has 1 aliphatic rings. The van der Waals surface area contributed by atoms with Gasteiger partial charge in [-0.15, -0.1) is 0 Å². The first-order valence-electron chi connectivity index (χ1n) is 9.31. The quantitative estimate of drug-likeness (QED) is 0.709. The highest BCUT2D eigenvalue weighted by atomic mass is 19.4. The Kier molecular flexibility index (Phi) is 4.86. The highest BCUT2D eigenvalue weighted by molar-refractivity contribution is 5.94. The van der Waals surface area contributed by atoms with Crippen LogP contribution < -0.4 is 5.32 Å². The number of rotatable bonds is 3. The number of benzene rings is 1. The van der Waals surface area contributed by atoms with Crippen molar-refractivity contribution < 1.29 is 18.0 Å². The minimum Gasteiger partial charge on any atom is -0.345 e. The van der Waals surface area contributed by atoms with Crippen molar-refractivity contribution in [1.82, 2.24) is 20.1 Å². The molecule has 4 rings (SSSR count). The monoisotopic (exact) mass is 400 g/mol. The first-order chi connectivity index (χ1) is 13.8. The normalized spacial score (nSPS) is 16.3. The third-order valence-corrected chi connectivity index (χ3v) is 4.99. The van der Waals surface area contributed by atoms with Gasteiger partial charge >= 0.3 is 6.18 Å². The summed E-state index contributed by atoms with van der Waals surface area (Å²) in [5, 5.41) is 7.49. The van der Waals surface area contributed by atoms with Crippen molar-refractivity contribution in [2.75, 3.05) is 0 Å². The van der Waals surface area contributed by atoms with Crippen molar-refractivity contribution >= 4 is 5.91 Å². The molecule has 8 heteroatoms. The number of carbonyl (C=O) groups is 1. The molecule has 29 heavy (non-hydrogen) atoms. The van der Waals surface area contributed by atoms with Crippen LogP contribution in [0.15, 0.2) is 48.8 Å². The fraction of sp³-hybridized carbons (Fsp3) is 0.286. The third kappa shape index (κ3) is 4.01. The minimum absolute atomic E-state index is 0.178. The summed E-state index contributed by atoms with van der Waals surface area (Å²) in [4.78, 5) is 16.0. The maximum Gasteiger partial charge on any atom is 0.433 e. The molecule has 2 heterocycles. The predicted octanol–water partition coefficient (Wildman–Crippen LogP) is 4.40. The number of alkyl halides is 3. The number of aryl methyl sites for hydroxylation is 2. The number of hydrogen-bond donors (Lipinski definition) is 1. The summed E-state index contributed by atoms with van der Waals surface area (Å²) in [5.41, 5.74) is 2.51. The van der Waals surface area contributed by atoms with E-state index in [0.29, 0.717) is 5.56 Å².